The fourth-order valence-corrected chi connectivity index (χ4v) is 5.19. The number of carboxylic acid groups (broad SMARTS) is 1. The summed E-state index contributed by atoms with van der Waals surface area (Å²) in [5.41, 5.74) is 0. The maximum absolute atomic E-state index is 12.3. The molecule has 0 aromatic carbocycles. The predicted octanol–water partition coefficient (Wildman–Crippen LogP) is 2.86. The third kappa shape index (κ3) is 3.09. The monoisotopic (exact) mass is 331 g/mol. The van der Waals surface area contributed by atoms with Gasteiger partial charge in [0.1, 0.15) is 4.88 Å². The van der Waals surface area contributed by atoms with E-state index in [9.17, 15) is 13.2 Å². The van der Waals surface area contributed by atoms with Gasteiger partial charge in [-0.05, 0) is 31.4 Å². The van der Waals surface area contributed by atoms with Crippen LogP contribution in [-0.2, 0) is 10.0 Å². The lowest BCUT2D eigenvalue weighted by Gasteiger charge is -2.12. The number of aromatic carboxylic acids is 1. The summed E-state index contributed by atoms with van der Waals surface area (Å²) in [6.07, 6.45) is 0. The molecule has 0 spiro atoms. The van der Waals surface area contributed by atoms with Crippen molar-refractivity contribution in [2.75, 3.05) is 0 Å². The van der Waals surface area contributed by atoms with Crippen LogP contribution in [0.1, 0.15) is 32.4 Å². The highest BCUT2D eigenvalue weighted by Gasteiger charge is 2.24. The van der Waals surface area contributed by atoms with Crippen LogP contribution >= 0.6 is 22.7 Å². The summed E-state index contributed by atoms with van der Waals surface area (Å²) in [7, 11) is -3.73. The maximum Gasteiger partial charge on any atom is 0.345 e. The number of sulfonamides is 1. The molecule has 20 heavy (non-hydrogen) atoms. The van der Waals surface area contributed by atoms with Gasteiger partial charge in [-0.1, -0.05) is 6.07 Å². The second-order valence-electron chi connectivity index (χ2n) is 4.19. The first-order valence-electron chi connectivity index (χ1n) is 5.70. The number of nitrogens with one attached hydrogen (secondary N) is 1. The van der Waals surface area contributed by atoms with E-state index in [2.05, 4.69) is 4.72 Å². The molecule has 0 saturated carbocycles. The Kier molecular flexibility index (Phi) is 4.28. The molecular weight excluding hydrogens is 318 g/mol. The highest BCUT2D eigenvalue weighted by atomic mass is 32.2. The molecule has 1 unspecified atom stereocenters. The molecule has 8 heteroatoms. The lowest BCUT2D eigenvalue weighted by molar-refractivity contribution is 0.0702. The summed E-state index contributed by atoms with van der Waals surface area (Å²) in [5, 5.41) is 10.8. The molecule has 2 aromatic rings. The van der Waals surface area contributed by atoms with E-state index in [-0.39, 0.29) is 15.8 Å². The van der Waals surface area contributed by atoms with E-state index in [1.807, 2.05) is 17.5 Å². The van der Waals surface area contributed by atoms with Gasteiger partial charge in [0.15, 0.2) is 0 Å². The summed E-state index contributed by atoms with van der Waals surface area (Å²) in [4.78, 5) is 12.3. The average Bonchev–Trinajstić information content (AvgIpc) is 2.96. The van der Waals surface area contributed by atoms with Crippen molar-refractivity contribution < 1.29 is 18.3 Å². The average molecular weight is 331 g/mol. The molecule has 108 valence electrons. The van der Waals surface area contributed by atoms with Crippen LogP contribution < -0.4 is 4.72 Å². The minimum atomic E-state index is -3.73. The van der Waals surface area contributed by atoms with Crippen molar-refractivity contribution in [3.63, 3.8) is 0 Å². The van der Waals surface area contributed by atoms with Gasteiger partial charge in [-0.25, -0.2) is 17.9 Å². The number of rotatable bonds is 5. The van der Waals surface area contributed by atoms with Gasteiger partial charge in [-0.2, -0.15) is 0 Å². The topological polar surface area (TPSA) is 83.5 Å². The Morgan fingerprint density at radius 2 is 2.15 bits per heavy atom. The van der Waals surface area contributed by atoms with Crippen LogP contribution in [0.5, 0.6) is 0 Å². The molecular formula is C12H13NO4S3. The third-order valence-corrected chi connectivity index (χ3v) is 6.56. The first kappa shape index (κ1) is 15.2. The van der Waals surface area contributed by atoms with Gasteiger partial charge in [0.2, 0.25) is 10.0 Å². The number of carboxylic acids is 1. The number of hydrogen-bond donors (Lipinski definition) is 2. The summed E-state index contributed by atoms with van der Waals surface area (Å²) in [6, 6.07) is 4.54. The van der Waals surface area contributed by atoms with Crippen LogP contribution in [0.3, 0.4) is 0 Å². The minimum Gasteiger partial charge on any atom is -0.477 e. The molecule has 0 bridgehead atoms. The molecule has 2 heterocycles. The van der Waals surface area contributed by atoms with Crippen LogP contribution in [0.4, 0.5) is 0 Å². The van der Waals surface area contributed by atoms with Gasteiger partial charge in [0, 0.05) is 9.75 Å². The van der Waals surface area contributed by atoms with Gasteiger partial charge in [-0.15, -0.1) is 22.7 Å². The summed E-state index contributed by atoms with van der Waals surface area (Å²) < 4.78 is 27.2. The molecule has 0 fully saturated rings. The number of hydrogen-bond acceptors (Lipinski definition) is 5. The van der Waals surface area contributed by atoms with E-state index < -0.39 is 16.0 Å². The molecule has 0 aliphatic carbocycles. The molecule has 0 amide bonds. The molecule has 0 radical (unpaired) electrons. The second-order valence-corrected chi connectivity index (χ2v) is 8.11. The minimum absolute atomic E-state index is 0.0200. The normalized spacial score (nSPS) is 13.3. The standard InChI is InChI=1S/C12H13NO4S3/c1-7(9-4-3-5-18-9)13-20(16,17)11-6-10(12(14)15)19-8(11)2/h3-7,13H,1-2H3,(H,14,15). The SMILES string of the molecule is Cc1sc(C(=O)O)cc1S(=O)(=O)NC(C)c1cccs1. The molecule has 2 N–H and O–H groups in total. The Morgan fingerprint density at radius 3 is 2.65 bits per heavy atom. The van der Waals surface area contributed by atoms with Crippen LogP contribution in [0, 0.1) is 6.92 Å². The smallest absolute Gasteiger partial charge is 0.345 e. The van der Waals surface area contributed by atoms with E-state index in [0.29, 0.717) is 4.88 Å². The Labute approximate surface area is 124 Å². The Balaban J connectivity index is 2.29. The van der Waals surface area contributed by atoms with Gasteiger partial charge < -0.3 is 5.11 Å². The zero-order valence-corrected chi connectivity index (χ0v) is 13.2. The quantitative estimate of drug-likeness (QED) is 0.882. The van der Waals surface area contributed by atoms with Crippen LogP contribution in [0.25, 0.3) is 0 Å². The fourth-order valence-electron chi connectivity index (χ4n) is 1.73. The van der Waals surface area contributed by atoms with Crippen LogP contribution in [0.15, 0.2) is 28.5 Å². The molecule has 5 nitrogen and oxygen atoms in total. The van der Waals surface area contributed by atoms with Crippen molar-refractivity contribution in [2.24, 2.45) is 0 Å². The van der Waals surface area contributed by atoms with E-state index in [4.69, 9.17) is 5.11 Å². The Hall–Kier alpha value is -1.22. The molecule has 2 aromatic heterocycles. The van der Waals surface area contributed by atoms with Crippen molar-refractivity contribution in [1.29, 1.82) is 0 Å². The predicted molar refractivity (Wildman–Crippen MR) is 79.1 cm³/mol. The van der Waals surface area contributed by atoms with Gasteiger partial charge >= 0.3 is 5.97 Å². The zero-order chi connectivity index (χ0) is 14.9. The zero-order valence-electron chi connectivity index (χ0n) is 10.8. The van der Waals surface area contributed by atoms with Gasteiger partial charge in [0.25, 0.3) is 0 Å². The highest BCUT2D eigenvalue weighted by Crippen LogP contribution is 2.27. The number of carbonyl (C=O) groups is 1. The number of aryl methyl sites for hydroxylation is 1. The van der Waals surface area contributed by atoms with Crippen molar-refractivity contribution in [3.05, 3.63) is 38.2 Å². The first-order chi connectivity index (χ1) is 9.31. The van der Waals surface area contributed by atoms with E-state index >= 15 is 0 Å². The van der Waals surface area contributed by atoms with Gasteiger partial charge in [-0.3, -0.25) is 0 Å². The summed E-state index contributed by atoms with van der Waals surface area (Å²) >= 11 is 2.42. The molecule has 1 atom stereocenters. The molecule has 0 aliphatic heterocycles. The summed E-state index contributed by atoms with van der Waals surface area (Å²) in [5.74, 6) is -1.12. The van der Waals surface area contributed by atoms with Gasteiger partial charge in [0.05, 0.1) is 10.9 Å². The molecule has 0 saturated heterocycles. The van der Waals surface area contributed by atoms with E-state index in [1.54, 1.807) is 13.8 Å². The molecule has 2 rings (SSSR count). The Morgan fingerprint density at radius 1 is 1.45 bits per heavy atom. The fraction of sp³-hybridized carbons (Fsp3) is 0.250. The van der Waals surface area contributed by atoms with Crippen LogP contribution in [-0.4, -0.2) is 19.5 Å². The van der Waals surface area contributed by atoms with Crippen molar-refractivity contribution >= 4 is 38.7 Å². The largest absolute Gasteiger partial charge is 0.477 e. The lowest BCUT2D eigenvalue weighted by Crippen LogP contribution is -2.26. The highest BCUT2D eigenvalue weighted by molar-refractivity contribution is 7.89. The second kappa shape index (κ2) is 5.65. The van der Waals surface area contributed by atoms with Crippen molar-refractivity contribution in [1.82, 2.24) is 4.72 Å². The van der Waals surface area contributed by atoms with Crippen molar-refractivity contribution in [2.45, 2.75) is 24.8 Å². The Bertz CT molecular complexity index is 716. The maximum atomic E-state index is 12.3. The lowest BCUT2D eigenvalue weighted by atomic mass is 10.3. The number of thiophene rings is 2. The molecule has 0 aliphatic rings. The van der Waals surface area contributed by atoms with Crippen LogP contribution in [0.2, 0.25) is 0 Å². The first-order valence-corrected chi connectivity index (χ1v) is 8.88. The summed E-state index contributed by atoms with van der Waals surface area (Å²) in [6.45, 7) is 3.35. The van der Waals surface area contributed by atoms with E-state index in [0.717, 1.165) is 16.2 Å². The van der Waals surface area contributed by atoms with Crippen molar-refractivity contribution in [3.8, 4) is 0 Å². The third-order valence-electron chi connectivity index (χ3n) is 2.67. The van der Waals surface area contributed by atoms with E-state index in [1.165, 1.54) is 17.4 Å².